The number of nitrogen functional groups attached to an aromatic ring is 1. The van der Waals surface area contributed by atoms with Gasteiger partial charge in [-0.3, -0.25) is 10.1 Å². The minimum Gasteiger partial charge on any atom is -0.478 e. The summed E-state index contributed by atoms with van der Waals surface area (Å²) in [5.41, 5.74) is 8.90. The fourth-order valence-corrected chi connectivity index (χ4v) is 3.29. The SMILES string of the molecule is Cl.Nc1ccc(C(=O)O)c(-c2ccccc2)c1.O=C(O)c1ccc([N+](=O)[O-])cc1-c1ccccc1. The molecule has 35 heavy (non-hydrogen) atoms. The summed E-state index contributed by atoms with van der Waals surface area (Å²) in [4.78, 5) is 32.4. The number of carboxylic acid groups (broad SMARTS) is 2. The van der Waals surface area contributed by atoms with Gasteiger partial charge in [0, 0.05) is 23.4 Å². The number of halogens is 1. The average molecular weight is 493 g/mol. The van der Waals surface area contributed by atoms with E-state index in [1.807, 2.05) is 30.3 Å². The molecule has 0 atom stereocenters. The van der Waals surface area contributed by atoms with E-state index >= 15 is 0 Å². The molecule has 0 bridgehead atoms. The summed E-state index contributed by atoms with van der Waals surface area (Å²) in [6.07, 6.45) is 0. The highest BCUT2D eigenvalue weighted by molar-refractivity contribution is 5.97. The number of carbonyl (C=O) groups is 2. The molecular weight excluding hydrogens is 472 g/mol. The smallest absolute Gasteiger partial charge is 0.336 e. The number of hydrogen-bond acceptors (Lipinski definition) is 5. The molecule has 9 heteroatoms. The van der Waals surface area contributed by atoms with Crippen LogP contribution >= 0.6 is 12.4 Å². The molecule has 0 aliphatic rings. The summed E-state index contributed by atoms with van der Waals surface area (Å²) in [5, 5.41) is 28.9. The predicted octanol–water partition coefficient (Wildman–Crippen LogP) is 6.02. The van der Waals surface area contributed by atoms with Crippen molar-refractivity contribution < 1.29 is 24.7 Å². The van der Waals surface area contributed by atoms with Crippen molar-refractivity contribution in [3.8, 4) is 22.3 Å². The van der Waals surface area contributed by atoms with E-state index in [9.17, 15) is 19.7 Å². The Kier molecular flexibility index (Phi) is 9.08. The zero-order valence-corrected chi connectivity index (χ0v) is 19.0. The van der Waals surface area contributed by atoms with Crippen molar-refractivity contribution in [3.05, 3.63) is 118 Å². The van der Waals surface area contributed by atoms with Crippen molar-refractivity contribution >= 4 is 35.7 Å². The fraction of sp³-hybridized carbons (Fsp3) is 0. The summed E-state index contributed by atoms with van der Waals surface area (Å²) < 4.78 is 0. The Bertz CT molecular complexity index is 1340. The lowest BCUT2D eigenvalue weighted by Gasteiger charge is -2.07. The highest BCUT2D eigenvalue weighted by Gasteiger charge is 2.16. The van der Waals surface area contributed by atoms with Crippen LogP contribution in [0.3, 0.4) is 0 Å². The number of nitrogens with two attached hydrogens (primary N) is 1. The molecule has 0 aliphatic heterocycles. The van der Waals surface area contributed by atoms with Gasteiger partial charge in [-0.05, 0) is 41.0 Å². The molecular formula is C26H21ClN2O6. The first-order valence-electron chi connectivity index (χ1n) is 10.0. The molecule has 0 fully saturated rings. The van der Waals surface area contributed by atoms with Crippen LogP contribution in [0.4, 0.5) is 11.4 Å². The van der Waals surface area contributed by atoms with Crippen molar-refractivity contribution in [2.75, 3.05) is 5.73 Å². The Morgan fingerprint density at radius 2 is 1.11 bits per heavy atom. The molecule has 4 rings (SSSR count). The van der Waals surface area contributed by atoms with Gasteiger partial charge in [0.15, 0.2) is 0 Å². The van der Waals surface area contributed by atoms with Gasteiger partial charge in [0.2, 0.25) is 0 Å². The number of rotatable bonds is 5. The van der Waals surface area contributed by atoms with Crippen LogP contribution in [-0.2, 0) is 0 Å². The monoisotopic (exact) mass is 492 g/mol. The maximum absolute atomic E-state index is 11.1. The summed E-state index contributed by atoms with van der Waals surface area (Å²) >= 11 is 0. The third-order valence-electron chi connectivity index (χ3n) is 4.89. The molecule has 178 valence electrons. The minimum atomic E-state index is -1.11. The van der Waals surface area contributed by atoms with Crippen LogP contribution in [-0.4, -0.2) is 27.1 Å². The van der Waals surface area contributed by atoms with Crippen molar-refractivity contribution in [2.24, 2.45) is 0 Å². The quantitative estimate of drug-likeness (QED) is 0.175. The highest BCUT2D eigenvalue weighted by Crippen LogP contribution is 2.28. The second-order valence-corrected chi connectivity index (χ2v) is 7.13. The number of non-ortho nitro benzene ring substituents is 1. The van der Waals surface area contributed by atoms with Crippen molar-refractivity contribution in [3.63, 3.8) is 0 Å². The molecule has 0 aliphatic carbocycles. The topological polar surface area (TPSA) is 144 Å². The molecule has 0 heterocycles. The van der Waals surface area contributed by atoms with Crippen LogP contribution in [0.1, 0.15) is 20.7 Å². The molecule has 0 unspecified atom stereocenters. The Hall–Kier alpha value is -4.69. The lowest BCUT2D eigenvalue weighted by Crippen LogP contribution is -2.00. The van der Waals surface area contributed by atoms with E-state index in [1.165, 1.54) is 24.3 Å². The van der Waals surface area contributed by atoms with Crippen molar-refractivity contribution in [1.82, 2.24) is 0 Å². The normalized spacial score (nSPS) is 9.71. The van der Waals surface area contributed by atoms with Crippen LogP contribution in [0.15, 0.2) is 97.1 Å². The zero-order valence-electron chi connectivity index (χ0n) is 18.2. The van der Waals surface area contributed by atoms with E-state index in [0.29, 0.717) is 22.4 Å². The van der Waals surface area contributed by atoms with Crippen LogP contribution in [0.5, 0.6) is 0 Å². The van der Waals surface area contributed by atoms with Crippen LogP contribution in [0, 0.1) is 10.1 Å². The molecule has 0 aromatic heterocycles. The number of anilines is 1. The van der Waals surface area contributed by atoms with Gasteiger partial charge in [-0.15, -0.1) is 12.4 Å². The third-order valence-corrected chi connectivity index (χ3v) is 4.89. The molecule has 0 saturated carbocycles. The standard InChI is InChI=1S/C13H9NO4.C13H11NO2.ClH/c15-13(16)11-7-6-10(14(17)18)8-12(11)9-4-2-1-3-5-9;14-10-6-7-11(13(15)16)12(8-10)9-4-2-1-3-5-9;/h1-8H,(H,15,16);1-8H,14H2,(H,15,16);1H. The molecule has 0 saturated heterocycles. The number of nitro groups is 1. The Labute approximate surface area is 206 Å². The summed E-state index contributed by atoms with van der Waals surface area (Å²) in [5.74, 6) is -2.05. The maximum Gasteiger partial charge on any atom is 0.336 e. The van der Waals surface area contributed by atoms with E-state index < -0.39 is 16.9 Å². The van der Waals surface area contributed by atoms with Gasteiger partial charge in [0.1, 0.15) is 0 Å². The van der Waals surface area contributed by atoms with Gasteiger partial charge in [-0.1, -0.05) is 60.7 Å². The zero-order chi connectivity index (χ0) is 24.7. The van der Waals surface area contributed by atoms with Crippen molar-refractivity contribution in [2.45, 2.75) is 0 Å². The Morgan fingerprint density at radius 3 is 1.54 bits per heavy atom. The summed E-state index contributed by atoms with van der Waals surface area (Å²) in [6, 6.07) is 26.6. The number of benzene rings is 4. The van der Waals surface area contributed by atoms with E-state index in [-0.39, 0.29) is 29.2 Å². The summed E-state index contributed by atoms with van der Waals surface area (Å²) in [6.45, 7) is 0. The fourth-order valence-electron chi connectivity index (χ4n) is 3.29. The number of carboxylic acids is 2. The molecule has 4 aromatic carbocycles. The number of aromatic carboxylic acids is 2. The Balaban J connectivity index is 0.000000241. The first kappa shape index (κ1) is 26.6. The highest BCUT2D eigenvalue weighted by atomic mass is 35.5. The number of hydrogen-bond donors (Lipinski definition) is 3. The van der Waals surface area contributed by atoms with E-state index in [2.05, 4.69) is 0 Å². The first-order chi connectivity index (χ1) is 16.3. The second kappa shape index (κ2) is 12.0. The minimum absolute atomic E-state index is 0. The van der Waals surface area contributed by atoms with Gasteiger partial charge in [-0.2, -0.15) is 0 Å². The molecule has 8 nitrogen and oxygen atoms in total. The van der Waals surface area contributed by atoms with Crippen LogP contribution in [0.2, 0.25) is 0 Å². The largest absolute Gasteiger partial charge is 0.478 e. The van der Waals surface area contributed by atoms with E-state index in [0.717, 1.165) is 5.56 Å². The maximum atomic E-state index is 11.1. The number of nitrogens with zero attached hydrogens (tertiary/aromatic N) is 1. The molecule has 0 radical (unpaired) electrons. The van der Waals surface area contributed by atoms with Gasteiger partial charge < -0.3 is 15.9 Å². The molecule has 4 N–H and O–H groups in total. The number of nitro benzene ring substituents is 1. The lowest BCUT2D eigenvalue weighted by molar-refractivity contribution is -0.384. The van der Waals surface area contributed by atoms with Gasteiger partial charge >= 0.3 is 11.9 Å². The summed E-state index contributed by atoms with van der Waals surface area (Å²) in [7, 11) is 0. The Morgan fingerprint density at radius 1 is 0.686 bits per heavy atom. The predicted molar refractivity (Wildman–Crippen MR) is 136 cm³/mol. The average Bonchev–Trinajstić information content (AvgIpc) is 2.85. The van der Waals surface area contributed by atoms with Crippen LogP contribution < -0.4 is 5.73 Å². The lowest BCUT2D eigenvalue weighted by atomic mass is 9.99. The molecule has 0 spiro atoms. The molecule has 4 aromatic rings. The van der Waals surface area contributed by atoms with E-state index in [1.54, 1.807) is 42.5 Å². The first-order valence-corrected chi connectivity index (χ1v) is 10.0. The van der Waals surface area contributed by atoms with Crippen molar-refractivity contribution in [1.29, 1.82) is 0 Å². The molecule has 0 amide bonds. The van der Waals surface area contributed by atoms with Gasteiger partial charge in [0.25, 0.3) is 5.69 Å². The van der Waals surface area contributed by atoms with E-state index in [4.69, 9.17) is 15.9 Å². The van der Waals surface area contributed by atoms with Gasteiger partial charge in [-0.25, -0.2) is 9.59 Å². The second-order valence-electron chi connectivity index (χ2n) is 7.13. The van der Waals surface area contributed by atoms with Crippen LogP contribution in [0.25, 0.3) is 22.3 Å². The van der Waals surface area contributed by atoms with Gasteiger partial charge in [0.05, 0.1) is 16.1 Å². The third kappa shape index (κ3) is 6.66.